The fourth-order valence-corrected chi connectivity index (χ4v) is 4.17. The van der Waals surface area contributed by atoms with Crippen LogP contribution >= 0.6 is 0 Å². The van der Waals surface area contributed by atoms with Crippen molar-refractivity contribution in [1.82, 2.24) is 10.2 Å². The Morgan fingerprint density at radius 2 is 1.54 bits per heavy atom. The molecule has 0 fully saturated rings. The average molecular weight is 515 g/mol. The molecule has 7 nitrogen and oxygen atoms in total. The van der Waals surface area contributed by atoms with Crippen LogP contribution in [0.3, 0.4) is 0 Å². The first kappa shape index (κ1) is 24.1. The van der Waals surface area contributed by atoms with Crippen molar-refractivity contribution in [3.63, 3.8) is 0 Å². The normalized spacial score (nSPS) is 11.6. The van der Waals surface area contributed by atoms with E-state index in [9.17, 15) is 39.9 Å². The summed E-state index contributed by atoms with van der Waals surface area (Å²) in [6, 6.07) is 5.14. The predicted octanol–water partition coefficient (Wildman–Crippen LogP) is 4.65. The summed E-state index contributed by atoms with van der Waals surface area (Å²) < 4.78 is 111. The second kappa shape index (κ2) is 8.61. The molecular formula is C21H11F6N3O4S. The van der Waals surface area contributed by atoms with Crippen LogP contribution in [0.5, 0.6) is 11.5 Å². The maximum atomic E-state index is 14.0. The van der Waals surface area contributed by atoms with Crippen LogP contribution in [0, 0.1) is 34.9 Å². The van der Waals surface area contributed by atoms with Crippen LogP contribution in [-0.2, 0) is 10.1 Å². The lowest BCUT2D eigenvalue weighted by Gasteiger charge is -2.13. The minimum atomic E-state index is -5.09. The zero-order chi connectivity index (χ0) is 25.7. The molecule has 3 aromatic carbocycles. The van der Waals surface area contributed by atoms with Crippen LogP contribution < -0.4 is 9.50 Å². The summed E-state index contributed by atoms with van der Waals surface area (Å²) in [5, 5.41) is 20.3. The number of aromatic nitrogens is 2. The van der Waals surface area contributed by atoms with Crippen LogP contribution in [0.2, 0.25) is 0 Å². The molecule has 0 bridgehead atoms. The standard InChI is InChI=1S/C21H11F6N3O4S/c1-28-13-6-14(31)12(22)5-11(13)20-10-3-2-9(4-8(10)7-29-30-20)35(32,33)34-21-18(26)16(24)15(23)17(25)19(21)27/h2-7,28,31H,1H3. The molecule has 14 heteroatoms. The highest BCUT2D eigenvalue weighted by atomic mass is 32.2. The van der Waals surface area contributed by atoms with Gasteiger partial charge in [0.2, 0.25) is 34.8 Å². The van der Waals surface area contributed by atoms with Crippen molar-refractivity contribution in [3.8, 4) is 22.8 Å². The minimum absolute atomic E-state index is 0.0791. The largest absolute Gasteiger partial charge is 0.505 e. The molecule has 0 aliphatic carbocycles. The van der Waals surface area contributed by atoms with Gasteiger partial charge in [-0.15, -0.1) is 5.10 Å². The van der Waals surface area contributed by atoms with Crippen LogP contribution in [0.1, 0.15) is 0 Å². The summed E-state index contributed by atoms with van der Waals surface area (Å²) >= 11 is 0. The lowest BCUT2D eigenvalue weighted by Crippen LogP contribution is -2.14. The molecule has 1 aromatic heterocycles. The number of phenolic OH excluding ortho intramolecular Hbond substituents is 1. The lowest BCUT2D eigenvalue weighted by molar-refractivity contribution is 0.346. The third-order valence-electron chi connectivity index (χ3n) is 4.90. The van der Waals surface area contributed by atoms with Gasteiger partial charge in [-0.3, -0.25) is 0 Å². The number of nitrogens with zero attached hydrogens (tertiary/aromatic N) is 2. The highest BCUT2D eigenvalue weighted by molar-refractivity contribution is 7.87. The van der Waals surface area contributed by atoms with E-state index in [1.165, 1.54) is 13.1 Å². The summed E-state index contributed by atoms with van der Waals surface area (Å²) in [7, 11) is -3.59. The van der Waals surface area contributed by atoms with Crippen LogP contribution in [0.15, 0.2) is 41.4 Å². The van der Waals surface area contributed by atoms with Crippen molar-refractivity contribution in [2.45, 2.75) is 4.90 Å². The Morgan fingerprint density at radius 1 is 0.914 bits per heavy atom. The highest BCUT2D eigenvalue weighted by Gasteiger charge is 2.31. The van der Waals surface area contributed by atoms with Crippen molar-refractivity contribution in [2.75, 3.05) is 12.4 Å². The second-order valence-corrected chi connectivity index (χ2v) is 8.52. The Morgan fingerprint density at radius 3 is 2.17 bits per heavy atom. The Labute approximate surface area is 192 Å². The number of fused-ring (bicyclic) bond motifs is 1. The minimum Gasteiger partial charge on any atom is -0.505 e. The molecule has 4 aromatic rings. The Bertz CT molecular complexity index is 1590. The van der Waals surface area contributed by atoms with E-state index in [0.717, 1.165) is 30.5 Å². The molecule has 0 aliphatic rings. The molecule has 1 heterocycles. The van der Waals surface area contributed by atoms with Gasteiger partial charge >= 0.3 is 10.1 Å². The maximum Gasteiger partial charge on any atom is 0.339 e. The number of phenols is 1. The van der Waals surface area contributed by atoms with Crippen LogP contribution in [0.4, 0.5) is 32.0 Å². The molecule has 0 radical (unpaired) electrons. The first-order valence-corrected chi connectivity index (χ1v) is 10.8. The summed E-state index contributed by atoms with van der Waals surface area (Å²) in [5.41, 5.74) is 0.501. The molecule has 2 N–H and O–H groups in total. The number of nitrogens with one attached hydrogen (secondary N) is 1. The number of halogens is 6. The molecular weight excluding hydrogens is 504 g/mol. The number of rotatable bonds is 5. The summed E-state index contributed by atoms with van der Waals surface area (Å²) in [5.74, 6) is -15.8. The van der Waals surface area contributed by atoms with Crippen molar-refractivity contribution < 1.29 is 44.0 Å². The predicted molar refractivity (Wildman–Crippen MR) is 110 cm³/mol. The van der Waals surface area contributed by atoms with Gasteiger partial charge in [0.15, 0.2) is 11.6 Å². The first-order valence-electron chi connectivity index (χ1n) is 9.38. The Hall–Kier alpha value is -4.07. The van der Waals surface area contributed by atoms with E-state index in [0.29, 0.717) is 0 Å². The van der Waals surface area contributed by atoms with Gasteiger partial charge in [-0.1, -0.05) is 6.07 Å². The summed E-state index contributed by atoms with van der Waals surface area (Å²) in [6.45, 7) is 0. The third-order valence-corrected chi connectivity index (χ3v) is 6.11. The molecule has 0 spiro atoms. The number of hydrogen-bond donors (Lipinski definition) is 2. The van der Waals surface area contributed by atoms with Crippen LogP contribution in [0.25, 0.3) is 22.0 Å². The molecule has 182 valence electrons. The summed E-state index contributed by atoms with van der Waals surface area (Å²) in [6.07, 6.45) is 1.12. The van der Waals surface area contributed by atoms with Crippen molar-refractivity contribution in [1.29, 1.82) is 0 Å². The zero-order valence-corrected chi connectivity index (χ0v) is 18.0. The SMILES string of the molecule is CNc1cc(O)c(F)cc1-c1nncc2cc(S(=O)(=O)Oc3c(F)c(F)c(F)c(F)c3F)ccc12. The van der Waals surface area contributed by atoms with Gasteiger partial charge in [-0.25, -0.2) is 17.6 Å². The number of aromatic hydroxyl groups is 1. The molecule has 0 saturated carbocycles. The average Bonchev–Trinajstić information content (AvgIpc) is 2.84. The summed E-state index contributed by atoms with van der Waals surface area (Å²) in [4.78, 5) is -0.710. The topological polar surface area (TPSA) is 101 Å². The van der Waals surface area contributed by atoms with Crippen molar-refractivity contribution >= 4 is 26.6 Å². The Kier molecular flexibility index (Phi) is 5.92. The highest BCUT2D eigenvalue weighted by Crippen LogP contribution is 2.36. The van der Waals surface area contributed by atoms with Gasteiger partial charge in [-0.2, -0.15) is 22.3 Å². The molecule has 0 atom stereocenters. The van der Waals surface area contributed by atoms with E-state index < -0.39 is 61.4 Å². The fraction of sp³-hybridized carbons (Fsp3) is 0.0476. The van der Waals surface area contributed by atoms with Gasteiger partial charge in [-0.05, 0) is 18.2 Å². The maximum absolute atomic E-state index is 14.0. The number of benzene rings is 3. The van der Waals surface area contributed by atoms with E-state index in [4.69, 9.17) is 0 Å². The second-order valence-electron chi connectivity index (χ2n) is 6.98. The third kappa shape index (κ3) is 4.05. The fourth-order valence-electron chi connectivity index (χ4n) is 3.20. The number of hydrogen-bond acceptors (Lipinski definition) is 7. The smallest absolute Gasteiger partial charge is 0.339 e. The molecule has 35 heavy (non-hydrogen) atoms. The van der Waals surface area contributed by atoms with Gasteiger partial charge in [0, 0.05) is 35.1 Å². The van der Waals surface area contributed by atoms with E-state index in [-0.39, 0.29) is 27.7 Å². The Balaban J connectivity index is 1.82. The van der Waals surface area contributed by atoms with Gasteiger partial charge in [0.25, 0.3) is 0 Å². The van der Waals surface area contributed by atoms with E-state index in [1.807, 2.05) is 0 Å². The van der Waals surface area contributed by atoms with Crippen molar-refractivity contribution in [2.24, 2.45) is 0 Å². The molecule has 0 saturated heterocycles. The van der Waals surface area contributed by atoms with E-state index >= 15 is 0 Å². The van der Waals surface area contributed by atoms with Crippen LogP contribution in [-0.4, -0.2) is 30.8 Å². The first-order chi connectivity index (χ1) is 16.5. The van der Waals surface area contributed by atoms with Gasteiger partial charge in [0.1, 0.15) is 10.6 Å². The monoisotopic (exact) mass is 515 g/mol. The van der Waals surface area contributed by atoms with Gasteiger partial charge in [0.05, 0.1) is 6.20 Å². The van der Waals surface area contributed by atoms with Gasteiger partial charge < -0.3 is 14.6 Å². The molecule has 0 aliphatic heterocycles. The lowest BCUT2D eigenvalue weighted by atomic mass is 10.0. The zero-order valence-electron chi connectivity index (χ0n) is 17.2. The van der Waals surface area contributed by atoms with E-state index in [1.54, 1.807) is 0 Å². The van der Waals surface area contributed by atoms with Crippen molar-refractivity contribution in [3.05, 3.63) is 71.4 Å². The quantitative estimate of drug-likeness (QED) is 0.173. The number of anilines is 1. The molecule has 0 amide bonds. The van der Waals surface area contributed by atoms with E-state index in [2.05, 4.69) is 19.7 Å². The molecule has 4 rings (SSSR count). The molecule has 0 unspecified atom stereocenters.